The Morgan fingerprint density at radius 3 is 1.75 bits per heavy atom. The quantitative estimate of drug-likeness (QED) is 0.623. The molecular weight excluding hydrogens is 136 g/mol. The summed E-state index contributed by atoms with van der Waals surface area (Å²) in [5.74, 6) is 0. The number of rotatable bonds is 3. The van der Waals surface area contributed by atoms with E-state index in [4.69, 9.17) is 0 Å². The SMILES string of the molecule is CNC(CF)CF.Cl. The van der Waals surface area contributed by atoms with E-state index in [1.54, 1.807) is 0 Å². The zero-order chi connectivity index (χ0) is 5.70. The molecule has 0 atom stereocenters. The second-order valence-corrected chi connectivity index (χ2v) is 1.29. The van der Waals surface area contributed by atoms with E-state index in [2.05, 4.69) is 5.32 Å². The lowest BCUT2D eigenvalue weighted by atomic mass is 10.4. The molecule has 0 heterocycles. The normalized spacial score (nSPS) is 9.00. The molecular formula is C4H10ClF2N. The summed E-state index contributed by atoms with van der Waals surface area (Å²) in [7, 11) is 1.53. The van der Waals surface area contributed by atoms with Gasteiger partial charge in [0, 0.05) is 0 Å². The molecule has 4 heteroatoms. The van der Waals surface area contributed by atoms with Gasteiger partial charge in [-0.1, -0.05) is 0 Å². The second kappa shape index (κ2) is 7.11. The molecule has 1 N–H and O–H groups in total. The predicted molar refractivity (Wildman–Crippen MR) is 32.0 cm³/mol. The molecule has 52 valence electrons. The first-order chi connectivity index (χ1) is 3.35. The Kier molecular flexibility index (Phi) is 9.76. The van der Waals surface area contributed by atoms with Crippen molar-refractivity contribution in [2.45, 2.75) is 6.04 Å². The molecule has 0 aromatic carbocycles. The van der Waals surface area contributed by atoms with Gasteiger partial charge in [0.1, 0.15) is 13.3 Å². The minimum atomic E-state index is -0.632. The summed E-state index contributed by atoms with van der Waals surface area (Å²) in [5, 5.41) is 2.45. The van der Waals surface area contributed by atoms with Gasteiger partial charge in [0.2, 0.25) is 0 Å². The van der Waals surface area contributed by atoms with E-state index in [0.717, 1.165) is 0 Å². The molecule has 0 saturated carbocycles. The van der Waals surface area contributed by atoms with Crippen LogP contribution in [0.25, 0.3) is 0 Å². The summed E-state index contributed by atoms with van der Waals surface area (Å²) in [6.45, 7) is -1.26. The van der Waals surface area contributed by atoms with Gasteiger partial charge in [-0.2, -0.15) is 0 Å². The smallest absolute Gasteiger partial charge is 0.107 e. The molecule has 0 spiro atoms. The molecule has 0 amide bonds. The molecule has 1 nitrogen and oxygen atoms in total. The molecule has 0 rings (SSSR count). The molecule has 0 bridgehead atoms. The number of hydrogen-bond acceptors (Lipinski definition) is 1. The van der Waals surface area contributed by atoms with E-state index in [9.17, 15) is 8.78 Å². The molecule has 0 radical (unpaired) electrons. The standard InChI is InChI=1S/C4H9F2N.ClH/c1-7-4(2-5)3-6;/h4,7H,2-3H2,1H3;1H. The van der Waals surface area contributed by atoms with E-state index in [-0.39, 0.29) is 12.4 Å². The Morgan fingerprint density at radius 2 is 1.75 bits per heavy atom. The van der Waals surface area contributed by atoms with Gasteiger partial charge < -0.3 is 5.32 Å². The summed E-state index contributed by atoms with van der Waals surface area (Å²) in [6, 6.07) is -0.597. The first-order valence-electron chi connectivity index (χ1n) is 2.14. The van der Waals surface area contributed by atoms with Crippen molar-refractivity contribution in [1.82, 2.24) is 5.32 Å². The Balaban J connectivity index is 0. The highest BCUT2D eigenvalue weighted by Gasteiger charge is 2.00. The highest BCUT2D eigenvalue weighted by Crippen LogP contribution is 1.82. The third kappa shape index (κ3) is 4.27. The molecule has 0 unspecified atom stereocenters. The molecule has 8 heavy (non-hydrogen) atoms. The van der Waals surface area contributed by atoms with Crippen LogP contribution in [0.1, 0.15) is 0 Å². The minimum absolute atomic E-state index is 0. The van der Waals surface area contributed by atoms with Crippen LogP contribution in [0.3, 0.4) is 0 Å². The van der Waals surface area contributed by atoms with Crippen molar-refractivity contribution in [3.05, 3.63) is 0 Å². The topological polar surface area (TPSA) is 12.0 Å². The predicted octanol–water partition coefficient (Wildman–Crippen LogP) is 0.935. The van der Waals surface area contributed by atoms with Gasteiger partial charge in [-0.3, -0.25) is 0 Å². The average Bonchev–Trinajstić information content (AvgIpc) is 1.72. The first-order valence-corrected chi connectivity index (χ1v) is 2.14. The molecule has 0 aliphatic carbocycles. The maximum absolute atomic E-state index is 11.4. The van der Waals surface area contributed by atoms with Crippen LogP contribution in [0.5, 0.6) is 0 Å². The lowest BCUT2D eigenvalue weighted by Gasteiger charge is -2.03. The number of nitrogens with one attached hydrogen (secondary N) is 1. The fourth-order valence-corrected chi connectivity index (χ4v) is 0.196. The van der Waals surface area contributed by atoms with E-state index in [1.807, 2.05) is 0 Å². The fraction of sp³-hybridized carbons (Fsp3) is 1.00. The lowest BCUT2D eigenvalue weighted by molar-refractivity contribution is 0.321. The monoisotopic (exact) mass is 145 g/mol. The Labute approximate surface area is 53.9 Å². The molecule has 0 aliphatic heterocycles. The molecule has 0 saturated heterocycles. The number of alkyl halides is 2. The summed E-state index contributed by atoms with van der Waals surface area (Å²) in [4.78, 5) is 0. The molecule has 0 aromatic heterocycles. The molecule has 0 aromatic rings. The Hall–Kier alpha value is 0.110. The average molecular weight is 146 g/mol. The van der Waals surface area contributed by atoms with Crippen LogP contribution in [-0.4, -0.2) is 26.4 Å². The maximum atomic E-state index is 11.4. The summed E-state index contributed by atoms with van der Waals surface area (Å²) in [5.41, 5.74) is 0. The van der Waals surface area contributed by atoms with Gasteiger partial charge in [-0.25, -0.2) is 8.78 Å². The van der Waals surface area contributed by atoms with Crippen molar-refractivity contribution in [3.63, 3.8) is 0 Å². The minimum Gasteiger partial charge on any atom is -0.312 e. The molecule has 0 fully saturated rings. The molecule has 0 aliphatic rings. The van der Waals surface area contributed by atoms with Crippen molar-refractivity contribution < 1.29 is 8.78 Å². The highest BCUT2D eigenvalue weighted by atomic mass is 35.5. The van der Waals surface area contributed by atoms with Crippen LogP contribution in [0.4, 0.5) is 8.78 Å². The maximum Gasteiger partial charge on any atom is 0.107 e. The van der Waals surface area contributed by atoms with Crippen molar-refractivity contribution in [1.29, 1.82) is 0 Å². The highest BCUT2D eigenvalue weighted by molar-refractivity contribution is 5.85. The fourth-order valence-electron chi connectivity index (χ4n) is 0.196. The van der Waals surface area contributed by atoms with Gasteiger partial charge in [0.05, 0.1) is 6.04 Å². The van der Waals surface area contributed by atoms with Gasteiger partial charge in [0.25, 0.3) is 0 Å². The van der Waals surface area contributed by atoms with Gasteiger partial charge in [0.15, 0.2) is 0 Å². The number of hydrogen-bond donors (Lipinski definition) is 1. The van der Waals surface area contributed by atoms with Crippen LogP contribution >= 0.6 is 12.4 Å². The summed E-state index contributed by atoms with van der Waals surface area (Å²) >= 11 is 0. The van der Waals surface area contributed by atoms with Crippen LogP contribution in [0.15, 0.2) is 0 Å². The van der Waals surface area contributed by atoms with Gasteiger partial charge in [-0.05, 0) is 7.05 Å². The second-order valence-electron chi connectivity index (χ2n) is 1.29. The van der Waals surface area contributed by atoms with Crippen LogP contribution < -0.4 is 5.32 Å². The largest absolute Gasteiger partial charge is 0.312 e. The Morgan fingerprint density at radius 1 is 1.38 bits per heavy atom. The van der Waals surface area contributed by atoms with Crippen molar-refractivity contribution >= 4 is 12.4 Å². The van der Waals surface area contributed by atoms with Crippen LogP contribution in [0, 0.1) is 0 Å². The van der Waals surface area contributed by atoms with Crippen LogP contribution in [-0.2, 0) is 0 Å². The van der Waals surface area contributed by atoms with E-state index in [0.29, 0.717) is 0 Å². The zero-order valence-corrected chi connectivity index (χ0v) is 5.47. The van der Waals surface area contributed by atoms with E-state index >= 15 is 0 Å². The van der Waals surface area contributed by atoms with Crippen molar-refractivity contribution in [2.24, 2.45) is 0 Å². The van der Waals surface area contributed by atoms with Gasteiger partial charge in [-0.15, -0.1) is 12.4 Å². The van der Waals surface area contributed by atoms with Gasteiger partial charge >= 0.3 is 0 Å². The summed E-state index contributed by atoms with van der Waals surface area (Å²) in [6.07, 6.45) is 0. The zero-order valence-electron chi connectivity index (χ0n) is 4.66. The number of halogens is 3. The summed E-state index contributed by atoms with van der Waals surface area (Å²) < 4.78 is 22.7. The third-order valence-corrected chi connectivity index (χ3v) is 0.781. The van der Waals surface area contributed by atoms with Crippen LogP contribution in [0.2, 0.25) is 0 Å². The third-order valence-electron chi connectivity index (χ3n) is 0.781. The lowest BCUT2D eigenvalue weighted by Crippen LogP contribution is -2.28. The van der Waals surface area contributed by atoms with E-state index in [1.165, 1.54) is 7.05 Å². The van der Waals surface area contributed by atoms with Crippen molar-refractivity contribution in [3.8, 4) is 0 Å². The van der Waals surface area contributed by atoms with Crippen molar-refractivity contribution in [2.75, 3.05) is 20.4 Å². The van der Waals surface area contributed by atoms with E-state index < -0.39 is 19.4 Å². The Bertz CT molecular complexity index is 35.5. The first kappa shape index (κ1) is 11.0.